The number of hydrogen-bond acceptors (Lipinski definition) is 3. The third-order valence-corrected chi connectivity index (χ3v) is 9.60. The third kappa shape index (κ3) is 13.9. The minimum atomic E-state index is 0. The van der Waals surface area contributed by atoms with Gasteiger partial charge in [-0.15, -0.1) is 11.8 Å². The SMILES string of the molecule is CCCCC(SCC(C)=Nc1c(C)c(C)c(C)c(C)c1C)C(C)=NC(=C(C)C)/C(C)=C(/C)C(C)=C(C)C.[CH3-].[CH3-].[Cl][Fe][Cl]. The molecule has 42 heavy (non-hydrogen) atoms. The zero-order valence-electron chi connectivity index (χ0n) is 29.8. The fraction of sp³-hybridized carbons (Fsp3) is 0.556. The van der Waals surface area contributed by atoms with Crippen molar-refractivity contribution in [3.05, 3.63) is 76.2 Å². The van der Waals surface area contributed by atoms with Crippen LogP contribution in [-0.2, 0) is 13.1 Å². The summed E-state index contributed by atoms with van der Waals surface area (Å²) in [6.07, 6.45) is 3.56. The van der Waals surface area contributed by atoms with Crippen molar-refractivity contribution in [2.24, 2.45) is 9.98 Å². The number of aliphatic imine (C=N–C) groups is 2. The second-order valence-electron chi connectivity index (χ2n) is 11.3. The molecule has 0 radical (unpaired) electrons. The first kappa shape index (κ1) is 45.7. The molecule has 0 bridgehead atoms. The fourth-order valence-corrected chi connectivity index (χ4v) is 5.68. The number of halogens is 2. The van der Waals surface area contributed by atoms with Crippen molar-refractivity contribution in [2.45, 2.75) is 128 Å². The minimum absolute atomic E-state index is 0. The fourth-order valence-electron chi connectivity index (χ4n) is 4.55. The van der Waals surface area contributed by atoms with Crippen LogP contribution >= 0.6 is 32.0 Å². The Kier molecular flexibility index (Phi) is 24.7. The van der Waals surface area contributed by atoms with Crippen molar-refractivity contribution in [1.29, 1.82) is 0 Å². The van der Waals surface area contributed by atoms with E-state index in [4.69, 9.17) is 30.2 Å². The summed E-state index contributed by atoms with van der Waals surface area (Å²) in [5, 5.41) is 0.390. The molecular formula is C36H60Cl2FeN2S-2. The molecular weight excluding hydrogens is 619 g/mol. The summed E-state index contributed by atoms with van der Waals surface area (Å²) in [5.74, 6) is 0.918. The van der Waals surface area contributed by atoms with Crippen LogP contribution in [0.3, 0.4) is 0 Å². The van der Waals surface area contributed by atoms with Crippen molar-refractivity contribution < 1.29 is 13.1 Å². The average molecular weight is 680 g/mol. The molecule has 0 aliphatic rings. The van der Waals surface area contributed by atoms with Gasteiger partial charge in [0.25, 0.3) is 0 Å². The van der Waals surface area contributed by atoms with Gasteiger partial charge in [0.05, 0.1) is 11.4 Å². The molecule has 0 amide bonds. The van der Waals surface area contributed by atoms with Crippen molar-refractivity contribution in [3.63, 3.8) is 0 Å². The van der Waals surface area contributed by atoms with E-state index in [9.17, 15) is 0 Å². The zero-order valence-corrected chi connectivity index (χ0v) is 33.3. The summed E-state index contributed by atoms with van der Waals surface area (Å²) in [4.78, 5) is 10.4. The second-order valence-corrected chi connectivity index (χ2v) is 14.3. The summed E-state index contributed by atoms with van der Waals surface area (Å²) in [6, 6.07) is 0. The quantitative estimate of drug-likeness (QED) is 0.0989. The standard InChI is InChI=1S/C34H54N2S.2CH3.2ClH.Fe/c1-16-17-18-32(31(15)36-33(21(4)5)28(12)24(8)23(7)20(2)3)37-19-22(6)35-34-29(13)26(10)25(9)27(11)30(34)14;;;;;/h32H,16-19H2,1-15H3;2*1H3;2*1H;/q;2*-1;;;+2/p-2/b28-24-,35-22?,36-31?;;;;;. The van der Waals surface area contributed by atoms with Gasteiger partial charge in [-0.3, -0.25) is 9.98 Å². The Morgan fingerprint density at radius 1 is 0.714 bits per heavy atom. The molecule has 0 spiro atoms. The Labute approximate surface area is 281 Å². The molecule has 0 fully saturated rings. The van der Waals surface area contributed by atoms with Gasteiger partial charge in [-0.25, -0.2) is 0 Å². The number of thioether (sulfide) groups is 1. The van der Waals surface area contributed by atoms with E-state index >= 15 is 0 Å². The maximum absolute atomic E-state index is 5.27. The Balaban J connectivity index is -0.00000291. The number of benzene rings is 1. The molecule has 1 aromatic carbocycles. The first-order valence-electron chi connectivity index (χ1n) is 14.2. The molecule has 0 aromatic heterocycles. The maximum atomic E-state index is 5.27. The predicted octanol–water partition coefficient (Wildman–Crippen LogP) is 13.3. The number of nitrogens with zero attached hydrogens (tertiary/aromatic N) is 2. The normalized spacial score (nSPS) is 12.8. The zero-order chi connectivity index (χ0) is 31.3. The van der Waals surface area contributed by atoms with Gasteiger partial charge in [0.1, 0.15) is 0 Å². The molecule has 0 aliphatic heterocycles. The van der Waals surface area contributed by atoms with Crippen LogP contribution in [0.25, 0.3) is 0 Å². The molecule has 6 heteroatoms. The van der Waals surface area contributed by atoms with Crippen LogP contribution in [0.15, 0.2) is 43.5 Å². The van der Waals surface area contributed by atoms with Crippen LogP contribution in [0.2, 0.25) is 0 Å². The Hall–Kier alpha value is -0.771. The molecule has 0 saturated heterocycles. The van der Waals surface area contributed by atoms with E-state index in [2.05, 4.69) is 104 Å². The summed E-state index contributed by atoms with van der Waals surface area (Å²) < 4.78 is 0. The Bertz CT molecular complexity index is 1140. The van der Waals surface area contributed by atoms with Crippen molar-refractivity contribution in [1.82, 2.24) is 0 Å². The van der Waals surface area contributed by atoms with Gasteiger partial charge < -0.3 is 14.9 Å². The van der Waals surface area contributed by atoms with Crippen molar-refractivity contribution in [3.8, 4) is 0 Å². The Morgan fingerprint density at radius 2 is 1.17 bits per heavy atom. The topological polar surface area (TPSA) is 24.7 Å². The summed E-state index contributed by atoms with van der Waals surface area (Å²) in [6.45, 7) is 33.2. The summed E-state index contributed by atoms with van der Waals surface area (Å²) in [5.41, 5.74) is 18.0. The van der Waals surface area contributed by atoms with E-state index in [1.807, 2.05) is 11.8 Å². The number of hydrogen-bond donors (Lipinski definition) is 0. The molecule has 0 heterocycles. The van der Waals surface area contributed by atoms with E-state index in [1.165, 1.54) is 79.9 Å². The van der Waals surface area contributed by atoms with E-state index < -0.39 is 0 Å². The van der Waals surface area contributed by atoms with Crippen LogP contribution in [-0.4, -0.2) is 22.4 Å². The summed E-state index contributed by atoms with van der Waals surface area (Å²) in [7, 11) is 9.53. The van der Waals surface area contributed by atoms with E-state index in [0.29, 0.717) is 5.25 Å². The van der Waals surface area contributed by atoms with Crippen molar-refractivity contribution in [2.75, 3.05) is 5.75 Å². The van der Waals surface area contributed by atoms with Gasteiger partial charge in [0.15, 0.2) is 0 Å². The molecule has 1 unspecified atom stereocenters. The predicted molar refractivity (Wildman–Crippen MR) is 197 cm³/mol. The monoisotopic (exact) mass is 678 g/mol. The van der Waals surface area contributed by atoms with E-state index in [0.717, 1.165) is 23.6 Å². The molecule has 0 aliphatic carbocycles. The molecule has 2 nitrogen and oxygen atoms in total. The van der Waals surface area contributed by atoms with Gasteiger partial charge in [-0.2, -0.15) is 0 Å². The second kappa shape index (κ2) is 22.7. The first-order chi connectivity index (χ1) is 18.6. The van der Waals surface area contributed by atoms with Gasteiger partial charge >= 0.3 is 33.3 Å². The van der Waals surface area contributed by atoms with Crippen molar-refractivity contribution >= 4 is 49.1 Å². The van der Waals surface area contributed by atoms with Crippen LogP contribution in [0, 0.1) is 49.5 Å². The molecule has 1 atom stereocenters. The van der Waals surface area contributed by atoms with E-state index in [1.54, 1.807) is 0 Å². The molecule has 0 saturated carbocycles. The van der Waals surface area contributed by atoms with Crippen LogP contribution in [0.1, 0.15) is 116 Å². The molecule has 1 rings (SSSR count). The van der Waals surface area contributed by atoms with Crippen LogP contribution in [0.4, 0.5) is 5.69 Å². The average Bonchev–Trinajstić information content (AvgIpc) is 2.90. The van der Waals surface area contributed by atoms with Gasteiger partial charge in [-0.1, -0.05) is 30.9 Å². The van der Waals surface area contributed by atoms with Gasteiger partial charge in [-0.05, 0) is 148 Å². The number of allylic oxidation sites excluding steroid dienone is 5. The van der Waals surface area contributed by atoms with Gasteiger partial charge in [0.2, 0.25) is 0 Å². The van der Waals surface area contributed by atoms with Gasteiger partial charge in [0, 0.05) is 22.4 Å². The number of unbranched alkanes of at least 4 members (excludes halogenated alkanes) is 1. The van der Waals surface area contributed by atoms with E-state index in [-0.39, 0.29) is 28.0 Å². The van der Waals surface area contributed by atoms with Crippen LogP contribution < -0.4 is 0 Å². The molecule has 0 N–H and O–H groups in total. The summed E-state index contributed by atoms with van der Waals surface area (Å²) >= 11 is 2.19. The number of rotatable bonds is 11. The molecule has 244 valence electrons. The first-order valence-corrected chi connectivity index (χ1v) is 18.3. The Morgan fingerprint density at radius 3 is 1.57 bits per heavy atom. The van der Waals surface area contributed by atoms with Crippen LogP contribution in [0.5, 0.6) is 0 Å². The molecule has 1 aromatic rings. The third-order valence-electron chi connectivity index (χ3n) is 8.03.